The molecule has 0 aliphatic rings. The van der Waals surface area contributed by atoms with Crippen molar-refractivity contribution in [3.63, 3.8) is 0 Å². The van der Waals surface area contributed by atoms with Gasteiger partial charge in [-0.15, -0.1) is 11.3 Å². The number of hydrogen-bond acceptors (Lipinski definition) is 4. The van der Waals surface area contributed by atoms with Crippen molar-refractivity contribution in [2.45, 2.75) is 6.92 Å². The summed E-state index contributed by atoms with van der Waals surface area (Å²) < 4.78 is 0. The fourth-order valence-electron chi connectivity index (χ4n) is 1.92. The van der Waals surface area contributed by atoms with Gasteiger partial charge in [0.25, 0.3) is 5.91 Å². The van der Waals surface area contributed by atoms with Crippen LogP contribution < -0.4 is 5.32 Å². The Kier molecular flexibility index (Phi) is 3.75. The van der Waals surface area contributed by atoms with Gasteiger partial charge in [0.05, 0.1) is 16.3 Å². The molecule has 0 fully saturated rings. The molecule has 4 nitrogen and oxygen atoms in total. The number of benzene rings is 1. The van der Waals surface area contributed by atoms with Crippen LogP contribution in [0.2, 0.25) is 0 Å². The lowest BCUT2D eigenvalue weighted by atomic mass is 10.1. The van der Waals surface area contributed by atoms with Gasteiger partial charge in [-0.25, -0.2) is 4.98 Å². The summed E-state index contributed by atoms with van der Waals surface area (Å²) in [6, 6.07) is 11.1. The van der Waals surface area contributed by atoms with Crippen molar-refractivity contribution in [2.75, 3.05) is 5.32 Å². The van der Waals surface area contributed by atoms with Crippen LogP contribution in [-0.4, -0.2) is 15.9 Å². The molecule has 0 saturated heterocycles. The predicted molar refractivity (Wildman–Crippen MR) is 84.5 cm³/mol. The first-order valence-electron chi connectivity index (χ1n) is 6.46. The van der Waals surface area contributed by atoms with E-state index < -0.39 is 0 Å². The number of rotatable bonds is 3. The first-order chi connectivity index (χ1) is 10.2. The molecule has 1 N–H and O–H groups in total. The topological polar surface area (TPSA) is 54.9 Å². The average Bonchev–Trinajstić information content (AvgIpc) is 2.95. The SMILES string of the molecule is Cc1nc(-c2ccc(NC(=O)c3cccnc3)cc2)cs1. The molecule has 1 amide bonds. The highest BCUT2D eigenvalue weighted by molar-refractivity contribution is 7.09. The number of carbonyl (C=O) groups excluding carboxylic acids is 1. The summed E-state index contributed by atoms with van der Waals surface area (Å²) in [6.07, 6.45) is 3.18. The van der Waals surface area contributed by atoms with E-state index in [4.69, 9.17) is 0 Å². The highest BCUT2D eigenvalue weighted by Gasteiger charge is 2.06. The Balaban J connectivity index is 1.74. The van der Waals surface area contributed by atoms with Crippen LogP contribution in [0.1, 0.15) is 15.4 Å². The summed E-state index contributed by atoms with van der Waals surface area (Å²) in [5.41, 5.74) is 3.29. The van der Waals surface area contributed by atoms with Crippen LogP contribution >= 0.6 is 11.3 Å². The minimum absolute atomic E-state index is 0.166. The zero-order chi connectivity index (χ0) is 14.7. The standard InChI is InChI=1S/C16H13N3OS/c1-11-18-15(10-21-11)12-4-6-14(7-5-12)19-16(20)13-3-2-8-17-9-13/h2-10H,1H3,(H,19,20). The first kappa shape index (κ1) is 13.5. The summed E-state index contributed by atoms with van der Waals surface area (Å²) in [6.45, 7) is 1.98. The zero-order valence-corrected chi connectivity index (χ0v) is 12.2. The molecule has 0 aliphatic carbocycles. The number of aryl methyl sites for hydroxylation is 1. The van der Waals surface area contributed by atoms with Gasteiger partial charge in [0.15, 0.2) is 0 Å². The second kappa shape index (κ2) is 5.85. The number of amides is 1. The Morgan fingerprint density at radius 1 is 1.19 bits per heavy atom. The Morgan fingerprint density at radius 3 is 2.62 bits per heavy atom. The third kappa shape index (κ3) is 3.14. The smallest absolute Gasteiger partial charge is 0.257 e. The molecule has 0 spiro atoms. The summed E-state index contributed by atoms with van der Waals surface area (Å²) in [7, 11) is 0. The predicted octanol–water partition coefficient (Wildman–Crippen LogP) is 3.77. The Morgan fingerprint density at radius 2 is 2.00 bits per heavy atom. The number of aromatic nitrogens is 2. The normalized spacial score (nSPS) is 10.3. The molecule has 0 bridgehead atoms. The number of nitrogens with one attached hydrogen (secondary N) is 1. The molecule has 0 unspecified atom stereocenters. The number of nitrogens with zero attached hydrogens (tertiary/aromatic N) is 2. The molecule has 0 saturated carbocycles. The van der Waals surface area contributed by atoms with Crippen molar-refractivity contribution < 1.29 is 4.79 Å². The van der Waals surface area contributed by atoms with Crippen molar-refractivity contribution in [3.8, 4) is 11.3 Å². The number of pyridine rings is 1. The lowest BCUT2D eigenvalue weighted by Crippen LogP contribution is -2.11. The molecule has 2 aromatic heterocycles. The molecule has 1 aromatic carbocycles. The minimum atomic E-state index is -0.166. The quantitative estimate of drug-likeness (QED) is 0.800. The van der Waals surface area contributed by atoms with Crippen LogP contribution in [-0.2, 0) is 0 Å². The van der Waals surface area contributed by atoms with Gasteiger partial charge >= 0.3 is 0 Å². The van der Waals surface area contributed by atoms with Gasteiger partial charge in [-0.05, 0) is 31.2 Å². The lowest BCUT2D eigenvalue weighted by Gasteiger charge is -2.05. The lowest BCUT2D eigenvalue weighted by molar-refractivity contribution is 0.102. The summed E-state index contributed by atoms with van der Waals surface area (Å²) in [5.74, 6) is -0.166. The van der Waals surface area contributed by atoms with E-state index in [0.717, 1.165) is 22.0 Å². The van der Waals surface area contributed by atoms with Gasteiger partial charge in [-0.2, -0.15) is 0 Å². The second-order valence-corrected chi connectivity index (χ2v) is 5.59. The molecular formula is C16H13N3OS. The van der Waals surface area contributed by atoms with Crippen molar-refractivity contribution in [2.24, 2.45) is 0 Å². The Bertz CT molecular complexity index is 751. The van der Waals surface area contributed by atoms with E-state index in [2.05, 4.69) is 15.3 Å². The van der Waals surface area contributed by atoms with E-state index in [1.165, 1.54) is 0 Å². The Hall–Kier alpha value is -2.53. The van der Waals surface area contributed by atoms with Gasteiger partial charge in [0.2, 0.25) is 0 Å². The maximum atomic E-state index is 12.0. The van der Waals surface area contributed by atoms with Crippen molar-refractivity contribution in [3.05, 3.63) is 64.7 Å². The van der Waals surface area contributed by atoms with Gasteiger partial charge in [0.1, 0.15) is 0 Å². The van der Waals surface area contributed by atoms with Crippen molar-refractivity contribution in [1.29, 1.82) is 0 Å². The summed E-state index contributed by atoms with van der Waals surface area (Å²) in [4.78, 5) is 20.4. The van der Waals surface area contributed by atoms with Crippen LogP contribution in [0.25, 0.3) is 11.3 Å². The summed E-state index contributed by atoms with van der Waals surface area (Å²) in [5, 5.41) is 5.91. The fourth-order valence-corrected chi connectivity index (χ4v) is 2.54. The maximum absolute atomic E-state index is 12.0. The second-order valence-electron chi connectivity index (χ2n) is 4.52. The summed E-state index contributed by atoms with van der Waals surface area (Å²) >= 11 is 1.62. The highest BCUT2D eigenvalue weighted by atomic mass is 32.1. The molecule has 5 heteroatoms. The van der Waals surface area contributed by atoms with E-state index in [1.54, 1.807) is 35.9 Å². The molecule has 3 rings (SSSR count). The van der Waals surface area contributed by atoms with Crippen LogP contribution in [0.15, 0.2) is 54.2 Å². The largest absolute Gasteiger partial charge is 0.322 e. The van der Waals surface area contributed by atoms with E-state index in [-0.39, 0.29) is 5.91 Å². The average molecular weight is 295 g/mol. The van der Waals surface area contributed by atoms with Gasteiger partial charge in [0, 0.05) is 29.0 Å². The maximum Gasteiger partial charge on any atom is 0.257 e. The van der Waals surface area contributed by atoms with Crippen molar-refractivity contribution >= 4 is 22.9 Å². The third-order valence-electron chi connectivity index (χ3n) is 2.98. The van der Waals surface area contributed by atoms with E-state index in [0.29, 0.717) is 5.56 Å². The number of anilines is 1. The van der Waals surface area contributed by atoms with Gasteiger partial charge < -0.3 is 5.32 Å². The Labute approximate surface area is 126 Å². The van der Waals surface area contributed by atoms with Gasteiger partial charge in [-0.3, -0.25) is 9.78 Å². The van der Waals surface area contributed by atoms with E-state index in [1.807, 2.05) is 36.6 Å². The number of hydrogen-bond donors (Lipinski definition) is 1. The zero-order valence-electron chi connectivity index (χ0n) is 11.4. The highest BCUT2D eigenvalue weighted by Crippen LogP contribution is 2.23. The minimum Gasteiger partial charge on any atom is -0.322 e. The first-order valence-corrected chi connectivity index (χ1v) is 7.34. The molecular weight excluding hydrogens is 282 g/mol. The van der Waals surface area contributed by atoms with Crippen LogP contribution in [0.4, 0.5) is 5.69 Å². The number of thiazole rings is 1. The number of carbonyl (C=O) groups is 1. The van der Waals surface area contributed by atoms with Crippen LogP contribution in [0.3, 0.4) is 0 Å². The molecule has 2 heterocycles. The van der Waals surface area contributed by atoms with Gasteiger partial charge in [-0.1, -0.05) is 12.1 Å². The van der Waals surface area contributed by atoms with Crippen LogP contribution in [0, 0.1) is 6.92 Å². The van der Waals surface area contributed by atoms with E-state index >= 15 is 0 Å². The van der Waals surface area contributed by atoms with Crippen LogP contribution in [0.5, 0.6) is 0 Å². The molecule has 0 radical (unpaired) electrons. The molecule has 104 valence electrons. The molecule has 21 heavy (non-hydrogen) atoms. The molecule has 0 aliphatic heterocycles. The van der Waals surface area contributed by atoms with E-state index in [9.17, 15) is 4.79 Å². The molecule has 0 atom stereocenters. The van der Waals surface area contributed by atoms with Crippen molar-refractivity contribution in [1.82, 2.24) is 9.97 Å². The molecule has 3 aromatic rings. The monoisotopic (exact) mass is 295 g/mol. The fraction of sp³-hybridized carbons (Fsp3) is 0.0625. The third-order valence-corrected chi connectivity index (χ3v) is 3.75.